The molecule has 2 rings (SSSR count). The molecule has 5 nitrogen and oxygen atoms in total. The van der Waals surface area contributed by atoms with Crippen LogP contribution in [-0.4, -0.2) is 26.1 Å². The number of hydrogen-bond acceptors (Lipinski definition) is 4. The summed E-state index contributed by atoms with van der Waals surface area (Å²) in [6, 6.07) is 4.05. The molecule has 0 aliphatic carbocycles. The fourth-order valence-electron chi connectivity index (χ4n) is 1.44. The van der Waals surface area contributed by atoms with Gasteiger partial charge >= 0.3 is 5.97 Å². The molecule has 0 saturated carbocycles. The van der Waals surface area contributed by atoms with Gasteiger partial charge in [0.15, 0.2) is 5.69 Å². The summed E-state index contributed by atoms with van der Waals surface area (Å²) in [4.78, 5) is 12.0. The lowest BCUT2D eigenvalue weighted by Gasteiger charge is -2.01. The SMILES string of the molecule is Cc1c(C(=O)O)nnn1CCc1cccs1. The molecule has 0 fully saturated rings. The maximum absolute atomic E-state index is 10.8. The van der Waals surface area contributed by atoms with Crippen LogP contribution in [0, 0.1) is 6.92 Å². The van der Waals surface area contributed by atoms with Gasteiger partial charge in [-0.25, -0.2) is 9.48 Å². The molecular formula is C10H11N3O2S. The lowest BCUT2D eigenvalue weighted by molar-refractivity contribution is 0.0689. The van der Waals surface area contributed by atoms with Crippen LogP contribution in [-0.2, 0) is 13.0 Å². The smallest absolute Gasteiger partial charge is 0.358 e. The number of nitrogens with zero attached hydrogens (tertiary/aromatic N) is 3. The van der Waals surface area contributed by atoms with Crippen molar-refractivity contribution in [3.8, 4) is 0 Å². The molecule has 0 spiro atoms. The molecule has 6 heteroatoms. The summed E-state index contributed by atoms with van der Waals surface area (Å²) in [6.07, 6.45) is 0.848. The Balaban J connectivity index is 2.08. The van der Waals surface area contributed by atoms with Crippen molar-refractivity contribution in [2.24, 2.45) is 0 Å². The van der Waals surface area contributed by atoms with Crippen LogP contribution >= 0.6 is 11.3 Å². The van der Waals surface area contributed by atoms with E-state index in [1.807, 2.05) is 11.4 Å². The second kappa shape index (κ2) is 4.44. The standard InChI is InChI=1S/C10H11N3O2S/c1-7-9(10(14)15)11-12-13(7)5-4-8-3-2-6-16-8/h2-3,6H,4-5H2,1H3,(H,14,15). The van der Waals surface area contributed by atoms with E-state index in [-0.39, 0.29) is 5.69 Å². The normalized spacial score (nSPS) is 10.6. The van der Waals surface area contributed by atoms with E-state index >= 15 is 0 Å². The first-order valence-corrected chi connectivity index (χ1v) is 5.72. The molecule has 0 aliphatic rings. The van der Waals surface area contributed by atoms with E-state index in [9.17, 15) is 4.79 Å². The molecule has 0 radical (unpaired) electrons. The molecular weight excluding hydrogens is 226 g/mol. The van der Waals surface area contributed by atoms with Crippen molar-refractivity contribution < 1.29 is 9.90 Å². The minimum absolute atomic E-state index is 0.0335. The predicted molar refractivity (Wildman–Crippen MR) is 59.7 cm³/mol. The lowest BCUT2D eigenvalue weighted by atomic mass is 10.3. The Morgan fingerprint density at radius 1 is 1.62 bits per heavy atom. The summed E-state index contributed by atoms with van der Waals surface area (Å²) in [5.41, 5.74) is 0.634. The average molecular weight is 237 g/mol. The Kier molecular flexibility index (Phi) is 3.00. The first kappa shape index (κ1) is 10.8. The largest absolute Gasteiger partial charge is 0.476 e. The molecule has 0 amide bonds. The fraction of sp³-hybridized carbons (Fsp3) is 0.300. The number of aryl methyl sites for hydroxylation is 2. The summed E-state index contributed by atoms with van der Waals surface area (Å²) < 4.78 is 1.63. The van der Waals surface area contributed by atoms with Gasteiger partial charge in [-0.3, -0.25) is 0 Å². The molecule has 1 N–H and O–H groups in total. The lowest BCUT2D eigenvalue weighted by Crippen LogP contribution is -2.06. The van der Waals surface area contributed by atoms with Gasteiger partial charge in [-0.15, -0.1) is 16.4 Å². The van der Waals surface area contributed by atoms with Gasteiger partial charge in [0.05, 0.1) is 5.69 Å². The molecule has 0 atom stereocenters. The van der Waals surface area contributed by atoms with Crippen LogP contribution in [0.15, 0.2) is 17.5 Å². The Bertz CT molecular complexity index is 490. The molecule has 0 aliphatic heterocycles. The van der Waals surface area contributed by atoms with Crippen molar-refractivity contribution in [3.63, 3.8) is 0 Å². The number of thiophene rings is 1. The summed E-state index contributed by atoms with van der Waals surface area (Å²) in [5.74, 6) is -1.03. The van der Waals surface area contributed by atoms with Crippen molar-refractivity contribution in [1.29, 1.82) is 0 Å². The molecule has 0 aromatic carbocycles. The topological polar surface area (TPSA) is 68.0 Å². The molecule has 84 valence electrons. The van der Waals surface area contributed by atoms with E-state index in [0.717, 1.165) is 6.42 Å². The summed E-state index contributed by atoms with van der Waals surface area (Å²) >= 11 is 1.68. The Hall–Kier alpha value is -1.69. The third kappa shape index (κ3) is 2.11. The number of aromatic nitrogens is 3. The molecule has 2 aromatic rings. The average Bonchev–Trinajstić information content (AvgIpc) is 2.84. The number of carboxylic acids is 1. The van der Waals surface area contributed by atoms with Crippen LogP contribution in [0.2, 0.25) is 0 Å². The summed E-state index contributed by atoms with van der Waals surface area (Å²) in [6.45, 7) is 2.38. The summed E-state index contributed by atoms with van der Waals surface area (Å²) in [5, 5.41) is 18.3. The van der Waals surface area contributed by atoms with E-state index in [1.54, 1.807) is 22.9 Å². The summed E-state index contributed by atoms with van der Waals surface area (Å²) in [7, 11) is 0. The molecule has 16 heavy (non-hydrogen) atoms. The van der Waals surface area contributed by atoms with E-state index in [2.05, 4.69) is 16.4 Å². The van der Waals surface area contributed by atoms with Crippen molar-refractivity contribution in [1.82, 2.24) is 15.0 Å². The third-order valence-electron chi connectivity index (χ3n) is 2.34. The van der Waals surface area contributed by atoms with Gasteiger partial charge in [0.25, 0.3) is 0 Å². The fourth-order valence-corrected chi connectivity index (χ4v) is 2.14. The van der Waals surface area contributed by atoms with Gasteiger partial charge in [0.1, 0.15) is 0 Å². The zero-order chi connectivity index (χ0) is 11.5. The highest BCUT2D eigenvalue weighted by Crippen LogP contribution is 2.11. The second-order valence-corrected chi connectivity index (χ2v) is 4.41. The van der Waals surface area contributed by atoms with Gasteiger partial charge in [0, 0.05) is 17.8 Å². The molecule has 2 aromatic heterocycles. The van der Waals surface area contributed by atoms with Crippen molar-refractivity contribution in [2.75, 3.05) is 0 Å². The van der Waals surface area contributed by atoms with E-state index < -0.39 is 5.97 Å². The highest BCUT2D eigenvalue weighted by Gasteiger charge is 2.14. The van der Waals surface area contributed by atoms with Crippen LogP contribution in [0.1, 0.15) is 21.1 Å². The van der Waals surface area contributed by atoms with Crippen LogP contribution < -0.4 is 0 Å². The van der Waals surface area contributed by atoms with Crippen LogP contribution in [0.3, 0.4) is 0 Å². The van der Waals surface area contributed by atoms with Crippen molar-refractivity contribution >= 4 is 17.3 Å². The minimum atomic E-state index is -1.03. The molecule has 0 unspecified atom stereocenters. The van der Waals surface area contributed by atoms with E-state index in [4.69, 9.17) is 5.11 Å². The van der Waals surface area contributed by atoms with Gasteiger partial charge in [0.2, 0.25) is 0 Å². The molecule has 0 bridgehead atoms. The third-order valence-corrected chi connectivity index (χ3v) is 3.27. The number of hydrogen-bond donors (Lipinski definition) is 1. The van der Waals surface area contributed by atoms with Crippen LogP contribution in [0.5, 0.6) is 0 Å². The van der Waals surface area contributed by atoms with Crippen molar-refractivity contribution in [3.05, 3.63) is 33.8 Å². The monoisotopic (exact) mass is 237 g/mol. The van der Waals surface area contributed by atoms with E-state index in [1.165, 1.54) is 4.88 Å². The molecule has 0 saturated heterocycles. The minimum Gasteiger partial charge on any atom is -0.476 e. The number of carbonyl (C=O) groups is 1. The highest BCUT2D eigenvalue weighted by molar-refractivity contribution is 7.09. The van der Waals surface area contributed by atoms with Gasteiger partial charge < -0.3 is 5.11 Å². The Labute approximate surface area is 96.3 Å². The first-order chi connectivity index (χ1) is 7.68. The molecule has 2 heterocycles. The van der Waals surface area contributed by atoms with Gasteiger partial charge in [-0.1, -0.05) is 11.3 Å². The maximum atomic E-state index is 10.8. The second-order valence-electron chi connectivity index (χ2n) is 3.38. The quantitative estimate of drug-likeness (QED) is 0.876. The van der Waals surface area contributed by atoms with Gasteiger partial charge in [-0.05, 0) is 18.4 Å². The Morgan fingerprint density at radius 2 is 2.44 bits per heavy atom. The van der Waals surface area contributed by atoms with E-state index in [0.29, 0.717) is 12.2 Å². The number of carboxylic acid groups (broad SMARTS) is 1. The maximum Gasteiger partial charge on any atom is 0.358 e. The number of rotatable bonds is 4. The van der Waals surface area contributed by atoms with Crippen LogP contribution in [0.25, 0.3) is 0 Å². The van der Waals surface area contributed by atoms with Crippen LogP contribution in [0.4, 0.5) is 0 Å². The van der Waals surface area contributed by atoms with Gasteiger partial charge in [-0.2, -0.15) is 0 Å². The zero-order valence-corrected chi connectivity index (χ0v) is 9.57. The first-order valence-electron chi connectivity index (χ1n) is 4.84. The Morgan fingerprint density at radius 3 is 3.00 bits per heavy atom. The highest BCUT2D eigenvalue weighted by atomic mass is 32.1. The van der Waals surface area contributed by atoms with Crippen molar-refractivity contribution in [2.45, 2.75) is 19.9 Å². The predicted octanol–water partition coefficient (Wildman–Crippen LogP) is 1.59. The number of aromatic carboxylic acids is 1. The zero-order valence-electron chi connectivity index (χ0n) is 8.75.